The highest BCUT2D eigenvalue weighted by atomic mass is 16.5. The van der Waals surface area contributed by atoms with Gasteiger partial charge >= 0.3 is 0 Å². The SMILES string of the molecule is COc1ccccc1OCC(O)CNC(CC([NH])=O)OC(C)(C)C. The van der Waals surface area contributed by atoms with Crippen molar-refractivity contribution in [3.05, 3.63) is 24.3 Å². The zero-order valence-electron chi connectivity index (χ0n) is 14.7. The van der Waals surface area contributed by atoms with E-state index in [0.717, 1.165) is 0 Å². The van der Waals surface area contributed by atoms with E-state index in [1.807, 2.05) is 32.9 Å². The van der Waals surface area contributed by atoms with Crippen LogP contribution in [0.2, 0.25) is 0 Å². The van der Waals surface area contributed by atoms with Gasteiger partial charge in [0, 0.05) is 6.54 Å². The lowest BCUT2D eigenvalue weighted by Gasteiger charge is -2.28. The molecule has 0 bridgehead atoms. The lowest BCUT2D eigenvalue weighted by Crippen LogP contribution is -2.44. The quantitative estimate of drug-likeness (QED) is 0.624. The van der Waals surface area contributed by atoms with Crippen molar-refractivity contribution in [2.45, 2.75) is 45.1 Å². The molecule has 24 heavy (non-hydrogen) atoms. The van der Waals surface area contributed by atoms with Crippen LogP contribution in [0.1, 0.15) is 27.2 Å². The average molecular weight is 339 g/mol. The van der Waals surface area contributed by atoms with Crippen LogP contribution in [0, 0.1) is 0 Å². The summed E-state index contributed by atoms with van der Waals surface area (Å²) in [4.78, 5) is 11.0. The molecule has 1 rings (SSSR count). The molecule has 1 radical (unpaired) electrons. The largest absolute Gasteiger partial charge is 0.493 e. The maximum absolute atomic E-state index is 11.0. The van der Waals surface area contributed by atoms with Crippen LogP contribution in [0.25, 0.3) is 0 Å². The van der Waals surface area contributed by atoms with E-state index in [-0.39, 0.29) is 19.6 Å². The Hall–Kier alpha value is -1.83. The summed E-state index contributed by atoms with van der Waals surface area (Å²) in [6.07, 6.45) is -1.52. The van der Waals surface area contributed by atoms with E-state index in [0.29, 0.717) is 11.5 Å². The second-order valence-corrected chi connectivity index (χ2v) is 6.37. The summed E-state index contributed by atoms with van der Waals surface area (Å²) in [6.45, 7) is 5.81. The van der Waals surface area contributed by atoms with E-state index >= 15 is 0 Å². The molecule has 1 aromatic rings. The highest BCUT2D eigenvalue weighted by Gasteiger charge is 2.21. The van der Waals surface area contributed by atoms with Crippen molar-refractivity contribution in [2.24, 2.45) is 0 Å². The van der Waals surface area contributed by atoms with E-state index in [1.165, 1.54) is 0 Å². The molecule has 0 saturated heterocycles. The summed E-state index contributed by atoms with van der Waals surface area (Å²) in [5, 5.41) is 13.0. The minimum absolute atomic E-state index is 0.0600. The van der Waals surface area contributed by atoms with Crippen LogP contribution in [0.4, 0.5) is 0 Å². The van der Waals surface area contributed by atoms with Crippen LogP contribution in [0.5, 0.6) is 11.5 Å². The van der Waals surface area contributed by atoms with Gasteiger partial charge in [-0.05, 0) is 32.9 Å². The highest BCUT2D eigenvalue weighted by molar-refractivity contribution is 5.73. The second-order valence-electron chi connectivity index (χ2n) is 6.37. The molecule has 3 N–H and O–H groups in total. The number of ether oxygens (including phenoxy) is 3. The number of aliphatic hydroxyl groups is 1. The molecule has 0 heterocycles. The van der Waals surface area contributed by atoms with E-state index in [1.54, 1.807) is 19.2 Å². The van der Waals surface area contributed by atoms with Crippen molar-refractivity contribution < 1.29 is 24.1 Å². The maximum atomic E-state index is 11.0. The van der Waals surface area contributed by atoms with Crippen molar-refractivity contribution in [3.8, 4) is 11.5 Å². The zero-order valence-corrected chi connectivity index (χ0v) is 14.7. The minimum atomic E-state index is -0.804. The van der Waals surface area contributed by atoms with Gasteiger partial charge in [-0.3, -0.25) is 15.8 Å². The molecule has 135 valence electrons. The molecular formula is C17H27N2O5. The summed E-state index contributed by atoms with van der Waals surface area (Å²) in [5.74, 6) is 0.408. The normalized spacial score (nSPS) is 14.0. The van der Waals surface area contributed by atoms with Crippen molar-refractivity contribution >= 4 is 5.91 Å². The van der Waals surface area contributed by atoms with Gasteiger partial charge in [-0.2, -0.15) is 0 Å². The summed E-state index contributed by atoms with van der Waals surface area (Å²) in [6, 6.07) is 7.17. The maximum Gasteiger partial charge on any atom is 0.242 e. The van der Waals surface area contributed by atoms with Gasteiger partial charge in [-0.15, -0.1) is 0 Å². The second kappa shape index (κ2) is 9.46. The van der Waals surface area contributed by atoms with E-state index < -0.39 is 23.8 Å². The van der Waals surface area contributed by atoms with Crippen molar-refractivity contribution in [1.29, 1.82) is 0 Å². The van der Waals surface area contributed by atoms with Crippen LogP contribution >= 0.6 is 0 Å². The molecule has 0 aliphatic heterocycles. The molecule has 7 nitrogen and oxygen atoms in total. The first-order chi connectivity index (χ1) is 11.2. The molecule has 2 atom stereocenters. The number of benzene rings is 1. The number of hydrogen-bond donors (Lipinski definition) is 2. The van der Waals surface area contributed by atoms with Gasteiger partial charge in [-0.1, -0.05) is 12.1 Å². The molecule has 0 aliphatic carbocycles. The molecule has 0 aliphatic rings. The predicted octanol–water partition coefficient (Wildman–Crippen LogP) is 1.37. The number of carbonyl (C=O) groups is 1. The van der Waals surface area contributed by atoms with E-state index in [9.17, 15) is 9.90 Å². The summed E-state index contributed by atoms with van der Waals surface area (Å²) >= 11 is 0. The number of methoxy groups -OCH3 is 1. The third kappa shape index (κ3) is 8.14. The molecule has 1 amide bonds. The monoisotopic (exact) mass is 339 g/mol. The molecule has 1 aromatic carbocycles. The topological polar surface area (TPSA) is 101 Å². The Morgan fingerprint density at radius 1 is 1.29 bits per heavy atom. The van der Waals surface area contributed by atoms with Gasteiger partial charge in [0.2, 0.25) is 5.91 Å². The zero-order chi connectivity index (χ0) is 18.2. The van der Waals surface area contributed by atoms with Gasteiger partial charge in [0.1, 0.15) is 18.9 Å². The molecule has 0 aromatic heterocycles. The third-order valence-electron chi connectivity index (χ3n) is 2.95. The number of rotatable bonds is 10. The van der Waals surface area contributed by atoms with Gasteiger partial charge in [0.15, 0.2) is 11.5 Å². The van der Waals surface area contributed by atoms with Crippen molar-refractivity contribution in [1.82, 2.24) is 11.1 Å². The lowest BCUT2D eigenvalue weighted by atomic mass is 10.2. The van der Waals surface area contributed by atoms with Crippen molar-refractivity contribution in [3.63, 3.8) is 0 Å². The van der Waals surface area contributed by atoms with Gasteiger partial charge in [0.05, 0.1) is 19.1 Å². The Balaban J connectivity index is 2.47. The number of carbonyl (C=O) groups excluding carboxylic acids is 1. The molecule has 2 unspecified atom stereocenters. The lowest BCUT2D eigenvalue weighted by molar-refractivity contribution is -0.127. The number of hydrogen-bond acceptors (Lipinski definition) is 6. The Morgan fingerprint density at radius 2 is 1.92 bits per heavy atom. The van der Waals surface area contributed by atoms with Crippen molar-refractivity contribution in [2.75, 3.05) is 20.3 Å². The first-order valence-corrected chi connectivity index (χ1v) is 7.81. The van der Waals surface area contributed by atoms with Gasteiger partial charge in [0.25, 0.3) is 0 Å². The summed E-state index contributed by atoms with van der Waals surface area (Å²) in [5.41, 5.74) is 6.61. The van der Waals surface area contributed by atoms with Gasteiger partial charge in [-0.25, -0.2) is 0 Å². The van der Waals surface area contributed by atoms with Crippen LogP contribution in [-0.4, -0.2) is 49.2 Å². The van der Waals surface area contributed by atoms with E-state index in [4.69, 9.17) is 19.9 Å². The molecule has 0 spiro atoms. The van der Waals surface area contributed by atoms with E-state index in [2.05, 4.69) is 5.32 Å². The molecule has 7 heteroatoms. The summed E-state index contributed by atoms with van der Waals surface area (Å²) < 4.78 is 16.4. The minimum Gasteiger partial charge on any atom is -0.493 e. The first-order valence-electron chi connectivity index (χ1n) is 7.81. The van der Waals surface area contributed by atoms with Crippen LogP contribution in [0.15, 0.2) is 24.3 Å². The Kier molecular flexibility index (Phi) is 7.97. The first kappa shape index (κ1) is 20.2. The number of aliphatic hydroxyl groups excluding tert-OH is 1. The highest BCUT2D eigenvalue weighted by Crippen LogP contribution is 2.25. The molecular weight excluding hydrogens is 312 g/mol. The average Bonchev–Trinajstić information content (AvgIpc) is 2.48. The Bertz CT molecular complexity index is 516. The van der Waals surface area contributed by atoms with Gasteiger partial charge < -0.3 is 19.3 Å². The third-order valence-corrected chi connectivity index (χ3v) is 2.95. The predicted molar refractivity (Wildman–Crippen MR) is 89.8 cm³/mol. The fourth-order valence-corrected chi connectivity index (χ4v) is 2.00. The fourth-order valence-electron chi connectivity index (χ4n) is 2.00. The number of amides is 1. The number of nitrogens with one attached hydrogen (secondary N) is 2. The molecule has 0 saturated carbocycles. The van der Waals surface area contributed by atoms with Crippen LogP contribution in [-0.2, 0) is 9.53 Å². The summed E-state index contributed by atoms with van der Waals surface area (Å²) in [7, 11) is 1.55. The fraction of sp³-hybridized carbons (Fsp3) is 0.588. The standard InChI is InChI=1S/C17H27N2O5/c1-17(2,3)24-16(9-15(18)21)19-10-12(20)11-23-14-8-6-5-7-13(14)22-4/h5-8,12,16,18-20H,9-11H2,1-4H3. The molecule has 0 fully saturated rings. The Morgan fingerprint density at radius 3 is 2.46 bits per heavy atom. The van der Waals surface area contributed by atoms with Crippen LogP contribution < -0.4 is 20.5 Å². The van der Waals surface area contributed by atoms with Crippen LogP contribution in [0.3, 0.4) is 0 Å². The smallest absolute Gasteiger partial charge is 0.242 e. The number of para-hydroxylation sites is 2. The Labute approximate surface area is 143 Å².